The lowest BCUT2D eigenvalue weighted by molar-refractivity contribution is -0.136. The quantitative estimate of drug-likeness (QED) is 0.770. The lowest BCUT2D eigenvalue weighted by Gasteiger charge is -2.10. The Morgan fingerprint density at radius 1 is 1.41 bits per heavy atom. The second kappa shape index (κ2) is 6.74. The van der Waals surface area contributed by atoms with Gasteiger partial charge in [-0.1, -0.05) is 31.2 Å². The molecule has 0 spiro atoms. The van der Waals surface area contributed by atoms with Gasteiger partial charge in [0.25, 0.3) is 0 Å². The molecule has 0 saturated heterocycles. The van der Waals surface area contributed by atoms with Gasteiger partial charge < -0.3 is 9.84 Å². The van der Waals surface area contributed by atoms with Crippen molar-refractivity contribution in [3.05, 3.63) is 41.5 Å². The molecule has 1 rings (SSSR count). The van der Waals surface area contributed by atoms with Crippen molar-refractivity contribution >= 4 is 5.97 Å². The van der Waals surface area contributed by atoms with Gasteiger partial charge in [0.15, 0.2) is 0 Å². The summed E-state index contributed by atoms with van der Waals surface area (Å²) in [7, 11) is 0. The van der Waals surface area contributed by atoms with Gasteiger partial charge in [0.2, 0.25) is 0 Å². The van der Waals surface area contributed by atoms with E-state index in [0.29, 0.717) is 6.61 Å². The summed E-state index contributed by atoms with van der Waals surface area (Å²) < 4.78 is 5.58. The monoisotopic (exact) mass is 234 g/mol. The Kier molecular flexibility index (Phi) is 5.27. The Labute approximate surface area is 102 Å². The second-order valence-corrected chi connectivity index (χ2v) is 3.80. The zero-order valence-corrected chi connectivity index (χ0v) is 10.3. The number of carboxylic acid groups (broad SMARTS) is 1. The van der Waals surface area contributed by atoms with Crippen LogP contribution in [0.15, 0.2) is 30.4 Å². The molecular weight excluding hydrogens is 216 g/mol. The van der Waals surface area contributed by atoms with Crippen LogP contribution in [-0.4, -0.2) is 17.7 Å². The van der Waals surface area contributed by atoms with E-state index in [-0.39, 0.29) is 6.42 Å². The number of hydrogen-bond donors (Lipinski definition) is 1. The van der Waals surface area contributed by atoms with Crippen molar-refractivity contribution in [1.29, 1.82) is 0 Å². The van der Waals surface area contributed by atoms with Gasteiger partial charge in [-0.3, -0.25) is 4.79 Å². The van der Waals surface area contributed by atoms with E-state index in [2.05, 4.69) is 6.92 Å². The number of allylic oxidation sites excluding steroid dienone is 1. The van der Waals surface area contributed by atoms with Crippen LogP contribution in [0.25, 0.3) is 0 Å². The maximum absolute atomic E-state index is 10.7. The summed E-state index contributed by atoms with van der Waals surface area (Å²) in [6, 6.07) is 5.50. The molecule has 3 heteroatoms. The summed E-state index contributed by atoms with van der Waals surface area (Å²) in [5.41, 5.74) is 1.70. The molecular formula is C14H18O3. The van der Waals surface area contributed by atoms with Gasteiger partial charge >= 0.3 is 5.97 Å². The lowest BCUT2D eigenvalue weighted by Crippen LogP contribution is -2.04. The van der Waals surface area contributed by atoms with Crippen molar-refractivity contribution in [3.8, 4) is 5.75 Å². The molecule has 0 aliphatic rings. The minimum Gasteiger partial charge on any atom is -0.489 e. The van der Waals surface area contributed by atoms with Crippen molar-refractivity contribution in [2.24, 2.45) is 0 Å². The molecule has 0 amide bonds. The predicted molar refractivity (Wildman–Crippen MR) is 67.4 cm³/mol. The lowest BCUT2D eigenvalue weighted by atomic mass is 10.1. The summed E-state index contributed by atoms with van der Waals surface area (Å²) in [6.07, 6.45) is 5.02. The first kappa shape index (κ1) is 13.3. The average Bonchev–Trinajstić information content (AvgIpc) is 2.28. The molecule has 0 unspecified atom stereocenters. The second-order valence-electron chi connectivity index (χ2n) is 3.80. The van der Waals surface area contributed by atoms with Crippen LogP contribution < -0.4 is 4.74 Å². The normalized spacial score (nSPS) is 10.7. The standard InChI is InChI=1S/C14H18O3/c1-3-4-5-9-17-13-8-6-7-12(11(13)2)10-14(15)16/h4-8H,3,9-10H2,1-2H3,(H,15,16). The van der Waals surface area contributed by atoms with Crippen molar-refractivity contribution in [3.63, 3.8) is 0 Å². The van der Waals surface area contributed by atoms with E-state index < -0.39 is 5.97 Å². The molecule has 1 aromatic carbocycles. The summed E-state index contributed by atoms with van der Waals surface area (Å²) in [5, 5.41) is 8.78. The van der Waals surface area contributed by atoms with Crippen molar-refractivity contribution in [2.75, 3.05) is 6.61 Å². The Bertz CT molecular complexity index is 408. The van der Waals surface area contributed by atoms with Crippen molar-refractivity contribution < 1.29 is 14.6 Å². The fraction of sp³-hybridized carbons (Fsp3) is 0.357. The Balaban J connectivity index is 2.72. The topological polar surface area (TPSA) is 46.5 Å². The number of aliphatic carboxylic acids is 1. The van der Waals surface area contributed by atoms with Crippen LogP contribution in [0.3, 0.4) is 0 Å². The van der Waals surface area contributed by atoms with Gasteiger partial charge in [-0.05, 0) is 30.5 Å². The van der Waals surface area contributed by atoms with Gasteiger partial charge in [0.1, 0.15) is 12.4 Å². The Morgan fingerprint density at radius 2 is 2.18 bits per heavy atom. The summed E-state index contributed by atoms with van der Waals surface area (Å²) in [4.78, 5) is 10.7. The molecule has 0 fully saturated rings. The number of rotatable bonds is 6. The third-order valence-electron chi connectivity index (χ3n) is 2.48. The highest BCUT2D eigenvalue weighted by Gasteiger charge is 2.07. The fourth-order valence-electron chi connectivity index (χ4n) is 1.54. The number of hydrogen-bond acceptors (Lipinski definition) is 2. The zero-order chi connectivity index (χ0) is 12.7. The third kappa shape index (κ3) is 4.31. The van der Waals surface area contributed by atoms with E-state index in [1.54, 1.807) is 0 Å². The molecule has 92 valence electrons. The van der Waals surface area contributed by atoms with E-state index >= 15 is 0 Å². The largest absolute Gasteiger partial charge is 0.489 e. The van der Waals surface area contributed by atoms with E-state index in [9.17, 15) is 4.79 Å². The zero-order valence-electron chi connectivity index (χ0n) is 10.3. The van der Waals surface area contributed by atoms with Crippen LogP contribution in [0, 0.1) is 6.92 Å². The molecule has 0 radical (unpaired) electrons. The van der Waals surface area contributed by atoms with Gasteiger partial charge in [-0.25, -0.2) is 0 Å². The van der Waals surface area contributed by atoms with Crippen LogP contribution in [0.5, 0.6) is 5.75 Å². The van der Waals surface area contributed by atoms with Gasteiger partial charge in [0, 0.05) is 0 Å². The SMILES string of the molecule is CCC=CCOc1cccc(CC(=O)O)c1C. The number of carbonyl (C=O) groups is 1. The molecule has 0 aliphatic carbocycles. The maximum atomic E-state index is 10.7. The smallest absolute Gasteiger partial charge is 0.307 e. The van der Waals surface area contributed by atoms with Gasteiger partial charge in [-0.2, -0.15) is 0 Å². The summed E-state index contributed by atoms with van der Waals surface area (Å²) >= 11 is 0. The highest BCUT2D eigenvalue weighted by atomic mass is 16.5. The van der Waals surface area contributed by atoms with Gasteiger partial charge in [0.05, 0.1) is 6.42 Å². The molecule has 0 bridgehead atoms. The average molecular weight is 234 g/mol. The van der Waals surface area contributed by atoms with Gasteiger partial charge in [-0.15, -0.1) is 0 Å². The number of carboxylic acids is 1. The van der Waals surface area contributed by atoms with E-state index in [4.69, 9.17) is 9.84 Å². The fourth-order valence-corrected chi connectivity index (χ4v) is 1.54. The van der Waals surface area contributed by atoms with Crippen LogP contribution in [0.1, 0.15) is 24.5 Å². The minimum atomic E-state index is -0.823. The highest BCUT2D eigenvalue weighted by Crippen LogP contribution is 2.21. The molecule has 3 nitrogen and oxygen atoms in total. The minimum absolute atomic E-state index is 0.0355. The van der Waals surface area contributed by atoms with Crippen molar-refractivity contribution in [2.45, 2.75) is 26.7 Å². The molecule has 0 saturated carbocycles. The third-order valence-corrected chi connectivity index (χ3v) is 2.48. The first-order valence-corrected chi connectivity index (χ1v) is 5.73. The van der Waals surface area contributed by atoms with Crippen LogP contribution in [0.2, 0.25) is 0 Å². The van der Waals surface area contributed by atoms with Crippen molar-refractivity contribution in [1.82, 2.24) is 0 Å². The first-order valence-electron chi connectivity index (χ1n) is 5.73. The maximum Gasteiger partial charge on any atom is 0.307 e. The predicted octanol–water partition coefficient (Wildman–Crippen LogP) is 2.97. The van der Waals surface area contributed by atoms with E-state index in [0.717, 1.165) is 23.3 Å². The van der Waals surface area contributed by atoms with E-state index in [1.807, 2.05) is 37.3 Å². The van der Waals surface area contributed by atoms with E-state index in [1.165, 1.54) is 0 Å². The summed E-state index contributed by atoms with van der Waals surface area (Å²) in [5.74, 6) is -0.0689. The molecule has 0 heterocycles. The molecule has 1 N–H and O–H groups in total. The number of ether oxygens (including phenoxy) is 1. The molecule has 0 aliphatic heterocycles. The first-order chi connectivity index (χ1) is 8.15. The van der Waals surface area contributed by atoms with Crippen LogP contribution in [0.4, 0.5) is 0 Å². The number of benzene rings is 1. The molecule has 0 aromatic heterocycles. The molecule has 17 heavy (non-hydrogen) atoms. The molecule has 0 atom stereocenters. The Morgan fingerprint density at radius 3 is 2.82 bits per heavy atom. The van der Waals surface area contributed by atoms with Crippen LogP contribution >= 0.6 is 0 Å². The highest BCUT2D eigenvalue weighted by molar-refractivity contribution is 5.71. The van der Waals surface area contributed by atoms with Crippen LogP contribution in [-0.2, 0) is 11.2 Å². The Hall–Kier alpha value is -1.77. The summed E-state index contributed by atoms with van der Waals surface area (Å²) in [6.45, 7) is 4.47. The molecule has 1 aromatic rings.